The second-order valence-electron chi connectivity index (χ2n) is 9.77. The van der Waals surface area contributed by atoms with Gasteiger partial charge in [-0.05, 0) is 0 Å². The van der Waals surface area contributed by atoms with Crippen molar-refractivity contribution in [2.45, 2.75) is 31.3 Å². The van der Waals surface area contributed by atoms with E-state index in [0.29, 0.717) is 0 Å². The molecular weight excluding hydrogens is 595 g/mol. The van der Waals surface area contributed by atoms with E-state index in [-0.39, 0.29) is 55.6 Å². The predicted molar refractivity (Wildman–Crippen MR) is 123 cm³/mol. The van der Waals surface area contributed by atoms with E-state index in [1.165, 1.54) is 29.2 Å². The zero-order valence-electron chi connectivity index (χ0n) is 20.0. The van der Waals surface area contributed by atoms with Crippen molar-refractivity contribution in [2.24, 2.45) is 5.41 Å². The van der Waals surface area contributed by atoms with Crippen LogP contribution in [0.15, 0.2) is 42.9 Å². The summed E-state index contributed by atoms with van der Waals surface area (Å²) in [5.74, 6) is -0.850. The summed E-state index contributed by atoms with van der Waals surface area (Å²) in [7, 11) is 0. The Labute approximate surface area is 221 Å². The number of alkyl halides is 2. The van der Waals surface area contributed by atoms with Gasteiger partial charge >= 0.3 is 222 Å². The topological polar surface area (TPSA) is 123 Å². The van der Waals surface area contributed by atoms with Crippen molar-refractivity contribution in [3.05, 3.63) is 77.3 Å². The van der Waals surface area contributed by atoms with Gasteiger partial charge < -0.3 is 0 Å². The van der Waals surface area contributed by atoms with Crippen molar-refractivity contribution < 1.29 is 40.2 Å². The second-order valence-corrected chi connectivity index (χ2v) is 12.5. The van der Waals surface area contributed by atoms with E-state index in [2.05, 4.69) is 39.1 Å². The van der Waals surface area contributed by atoms with E-state index in [0.717, 1.165) is 25.8 Å². The van der Waals surface area contributed by atoms with Crippen molar-refractivity contribution in [2.75, 3.05) is 15.5 Å². The van der Waals surface area contributed by atoms with Gasteiger partial charge in [-0.15, -0.1) is 0 Å². The van der Waals surface area contributed by atoms with Gasteiger partial charge in [-0.2, -0.15) is 0 Å². The Balaban J connectivity index is 1.49. The van der Waals surface area contributed by atoms with Gasteiger partial charge in [0.05, 0.1) is 0 Å². The number of hydrogen-bond acceptors (Lipinski definition) is 8. The molecule has 3 atom stereocenters. The van der Waals surface area contributed by atoms with Crippen molar-refractivity contribution in [1.29, 1.82) is 0 Å². The summed E-state index contributed by atoms with van der Waals surface area (Å²) in [6.07, 6.45) is 1.85. The molecule has 1 fully saturated rings. The van der Waals surface area contributed by atoms with Gasteiger partial charge in [-0.25, -0.2) is 0 Å². The third kappa shape index (κ3) is 3.52. The van der Waals surface area contributed by atoms with E-state index in [4.69, 9.17) is 4.98 Å². The monoisotopic (exact) mass is 618 g/mol. The van der Waals surface area contributed by atoms with Crippen LogP contribution >= 0.6 is 0 Å². The third-order valence-electron chi connectivity index (χ3n) is 7.62. The molecular formula is C25H23F2IN7O2-. The Morgan fingerprint density at radius 3 is 2.70 bits per heavy atom. The van der Waals surface area contributed by atoms with Gasteiger partial charge in [0, 0.05) is 0 Å². The van der Waals surface area contributed by atoms with Gasteiger partial charge in [-0.3, -0.25) is 0 Å². The molecule has 1 aliphatic heterocycles. The van der Waals surface area contributed by atoms with Crippen LogP contribution in [0.25, 0.3) is 17.2 Å². The molecule has 0 unspecified atom stereocenters. The summed E-state index contributed by atoms with van der Waals surface area (Å²) >= 11 is -0.208. The number of halogens is 3. The zero-order chi connectivity index (χ0) is 25.9. The summed E-state index contributed by atoms with van der Waals surface area (Å²) < 4.78 is 32.4. The Hall–Kier alpha value is -2.97. The number of hydrogen-bond donors (Lipinski definition) is 2. The minimum absolute atomic E-state index is 0.0728. The van der Waals surface area contributed by atoms with E-state index in [1.54, 1.807) is 12.3 Å². The van der Waals surface area contributed by atoms with Crippen molar-refractivity contribution in [3.8, 4) is 17.2 Å². The Bertz CT molecular complexity index is 1490. The molecule has 2 N–H and O–H groups in total. The molecule has 0 amide bonds. The molecule has 1 saturated heterocycles. The maximum absolute atomic E-state index is 14.6. The second kappa shape index (κ2) is 8.81. The van der Waals surface area contributed by atoms with Gasteiger partial charge in [0.15, 0.2) is 0 Å². The van der Waals surface area contributed by atoms with Gasteiger partial charge in [0.1, 0.15) is 0 Å². The molecule has 2 aliphatic rings. The molecule has 2 bridgehead atoms. The predicted octanol–water partition coefficient (Wildman–Crippen LogP) is -0.670. The molecule has 1 aromatic carbocycles. The first-order chi connectivity index (χ1) is 17.8. The number of nitrogens with zero attached hydrogens (tertiary/aromatic N) is 7. The normalized spacial score (nSPS) is 22.8. The molecule has 0 saturated carbocycles. The summed E-state index contributed by atoms with van der Waals surface area (Å²) in [4.78, 5) is 13.3. The van der Waals surface area contributed by atoms with Crippen LogP contribution in [0, 0.1) is 17.0 Å². The minimum atomic E-state index is -1.20. The number of fused-ring (bicyclic) bond motifs is 5. The van der Waals surface area contributed by atoms with E-state index in [1.807, 2.05) is 6.07 Å². The van der Waals surface area contributed by atoms with Gasteiger partial charge in [0.2, 0.25) is 0 Å². The van der Waals surface area contributed by atoms with Crippen LogP contribution in [0.1, 0.15) is 48.6 Å². The van der Waals surface area contributed by atoms with Crippen LogP contribution in [0.4, 0.5) is 8.78 Å². The Kier molecular flexibility index (Phi) is 5.80. The molecule has 192 valence electrons. The van der Waals surface area contributed by atoms with Crippen molar-refractivity contribution >= 4 is 0 Å². The van der Waals surface area contributed by atoms with Crippen LogP contribution in [0.2, 0.25) is 0 Å². The van der Waals surface area contributed by atoms with Crippen LogP contribution in [-0.2, 0) is 5.41 Å². The fraction of sp³-hybridized carbons (Fsp3) is 0.360. The van der Waals surface area contributed by atoms with E-state index < -0.39 is 29.8 Å². The fourth-order valence-corrected chi connectivity index (χ4v) is 10.6. The van der Waals surface area contributed by atoms with E-state index in [9.17, 15) is 19.0 Å². The van der Waals surface area contributed by atoms with Crippen molar-refractivity contribution in [1.82, 2.24) is 34.9 Å². The number of aromatic nitrogens is 7. The molecule has 1 aliphatic carbocycles. The molecule has 9 nitrogen and oxygen atoms in total. The van der Waals surface area contributed by atoms with Crippen LogP contribution < -0.4 is 21.2 Å². The fourth-order valence-electron chi connectivity index (χ4n) is 5.50. The summed E-state index contributed by atoms with van der Waals surface area (Å²) in [5, 5.41) is 32.2. The summed E-state index contributed by atoms with van der Waals surface area (Å²) in [5.41, 5.74) is 1.70. The zero-order valence-corrected chi connectivity index (χ0v) is 22.1. The number of aliphatic hydroxyl groups is 2. The molecule has 0 spiro atoms. The molecule has 0 radical (unpaired) electrons. The summed E-state index contributed by atoms with van der Waals surface area (Å²) in [6.45, 7) is 3.89. The molecule has 3 aromatic heterocycles. The standard InChI is InChI=1S/C25H23F2IN7O2/c1-24(2)14-9-28-11-25(24,19-6-7-29-23(31-19)35-12-30-22(34-35)18(37)10-36)21-13(14)8-17(32-33-21)20-15(26)4-3-5-16(20)27/h3-8,12,14,18,36-37H,9-11H2,1-2H3/q-1/t14-,18-,25-/m0/s1. The molecule has 4 heterocycles. The third-order valence-corrected chi connectivity index (χ3v) is 10.8. The molecule has 6 rings (SSSR count). The van der Waals surface area contributed by atoms with Crippen LogP contribution in [0.3, 0.4) is 0 Å². The Morgan fingerprint density at radius 2 is 1.95 bits per heavy atom. The number of rotatable bonds is 5. The van der Waals surface area contributed by atoms with Gasteiger partial charge in [0.25, 0.3) is 0 Å². The average molecular weight is 618 g/mol. The number of benzene rings is 1. The quantitative estimate of drug-likeness (QED) is 0.223. The number of aliphatic hydroxyl groups excluding tert-OH is 2. The average Bonchev–Trinajstić information content (AvgIpc) is 3.39. The maximum atomic E-state index is 14.6. The first-order valence-electron chi connectivity index (χ1n) is 11.7. The molecule has 37 heavy (non-hydrogen) atoms. The Morgan fingerprint density at radius 1 is 1.16 bits per heavy atom. The van der Waals surface area contributed by atoms with E-state index >= 15 is 0 Å². The first-order valence-corrected chi connectivity index (χ1v) is 14.7. The first kappa shape index (κ1) is 24.4. The van der Waals surface area contributed by atoms with Crippen LogP contribution in [0.5, 0.6) is 0 Å². The van der Waals surface area contributed by atoms with Crippen molar-refractivity contribution in [3.63, 3.8) is 0 Å². The van der Waals surface area contributed by atoms with Gasteiger partial charge in [-0.1, -0.05) is 0 Å². The summed E-state index contributed by atoms with van der Waals surface area (Å²) in [6, 6.07) is 7.45. The SMILES string of the molecule is CC1(C)[C@H]2C[I-]C[C@]1(c1ccnc(-n3cnc([C@@H](O)CO)n3)n1)c1nnc(-c3c(F)cccc3F)cc12. The molecule has 12 heteroatoms. The van der Waals surface area contributed by atoms with Crippen LogP contribution in [-0.4, -0.2) is 60.6 Å². The molecule has 4 aromatic rings.